The Morgan fingerprint density at radius 3 is 2.38 bits per heavy atom. The molecular weight excluding hydrogens is 298 g/mol. The van der Waals surface area contributed by atoms with Gasteiger partial charge in [-0.25, -0.2) is 0 Å². The van der Waals surface area contributed by atoms with E-state index in [2.05, 4.69) is 53.2 Å². The molecule has 0 saturated carbocycles. The number of hydrogen-bond acceptors (Lipinski definition) is 4. The third kappa shape index (κ3) is 5.20. The van der Waals surface area contributed by atoms with E-state index in [1.807, 2.05) is 0 Å². The highest BCUT2D eigenvalue weighted by molar-refractivity contribution is 5.47. The van der Waals surface area contributed by atoms with E-state index in [1.165, 1.54) is 50.3 Å². The van der Waals surface area contributed by atoms with E-state index in [-0.39, 0.29) is 0 Å². The van der Waals surface area contributed by atoms with Gasteiger partial charge >= 0.3 is 0 Å². The summed E-state index contributed by atoms with van der Waals surface area (Å²) in [6.07, 6.45) is 2.49. The largest absolute Gasteiger partial charge is 0.382 e. The van der Waals surface area contributed by atoms with Crippen LogP contribution < -0.4 is 5.32 Å². The van der Waals surface area contributed by atoms with Crippen LogP contribution in [0.1, 0.15) is 38.2 Å². The van der Waals surface area contributed by atoms with Crippen molar-refractivity contribution in [3.63, 3.8) is 0 Å². The number of piperidine rings is 1. The lowest BCUT2D eigenvalue weighted by atomic mass is 10.0. The molecule has 4 heteroatoms. The molecular formula is C20H33N3O. The molecule has 4 nitrogen and oxygen atoms in total. The molecule has 2 fully saturated rings. The smallest absolute Gasteiger partial charge is 0.0594 e. The number of anilines is 1. The second-order valence-electron chi connectivity index (χ2n) is 7.49. The number of ether oxygens (including phenoxy) is 1. The van der Waals surface area contributed by atoms with E-state index in [0.29, 0.717) is 12.0 Å². The summed E-state index contributed by atoms with van der Waals surface area (Å²) in [6, 6.07) is 9.54. The van der Waals surface area contributed by atoms with Crippen LogP contribution in [0.2, 0.25) is 0 Å². The first-order valence-corrected chi connectivity index (χ1v) is 9.59. The number of nitrogens with zero attached hydrogens (tertiary/aromatic N) is 2. The molecule has 2 aliphatic rings. The van der Waals surface area contributed by atoms with Gasteiger partial charge in [0.1, 0.15) is 0 Å². The minimum atomic E-state index is 0.591. The predicted octanol–water partition coefficient (Wildman–Crippen LogP) is 3.02. The van der Waals surface area contributed by atoms with Gasteiger partial charge in [0.2, 0.25) is 0 Å². The number of morpholine rings is 1. The Morgan fingerprint density at radius 2 is 1.71 bits per heavy atom. The van der Waals surface area contributed by atoms with E-state index in [9.17, 15) is 0 Å². The predicted molar refractivity (Wildman–Crippen MR) is 101 cm³/mol. The topological polar surface area (TPSA) is 27.7 Å². The molecule has 2 saturated heterocycles. The molecule has 0 atom stereocenters. The van der Waals surface area contributed by atoms with Gasteiger partial charge in [-0.05, 0) is 36.5 Å². The zero-order valence-corrected chi connectivity index (χ0v) is 15.3. The van der Waals surface area contributed by atoms with Gasteiger partial charge in [0.15, 0.2) is 0 Å². The summed E-state index contributed by atoms with van der Waals surface area (Å²) >= 11 is 0. The van der Waals surface area contributed by atoms with Crippen molar-refractivity contribution in [1.29, 1.82) is 0 Å². The van der Waals surface area contributed by atoms with E-state index >= 15 is 0 Å². The van der Waals surface area contributed by atoms with E-state index in [0.717, 1.165) is 26.3 Å². The van der Waals surface area contributed by atoms with Crippen molar-refractivity contribution in [2.24, 2.45) is 0 Å². The number of benzene rings is 1. The summed E-state index contributed by atoms with van der Waals surface area (Å²) in [5.41, 5.74) is 2.70. The number of likely N-dealkylation sites (tertiary alicyclic amines) is 1. The first kappa shape index (κ1) is 17.7. The highest BCUT2D eigenvalue weighted by Gasteiger charge is 2.20. The maximum absolute atomic E-state index is 5.42. The van der Waals surface area contributed by atoms with Crippen LogP contribution in [-0.4, -0.2) is 68.3 Å². The zero-order valence-electron chi connectivity index (χ0n) is 15.3. The molecule has 0 amide bonds. The molecule has 0 radical (unpaired) electrons. The standard InChI is InChI=1S/C20H33N3O/c1-17(2)18-4-3-5-20(16-18)21-19-6-8-22(9-7-19)10-11-23-12-14-24-15-13-23/h3-5,16-17,19,21H,6-15H2,1-2H3. The summed E-state index contributed by atoms with van der Waals surface area (Å²) in [5, 5.41) is 3.75. The minimum absolute atomic E-state index is 0.591. The minimum Gasteiger partial charge on any atom is -0.382 e. The summed E-state index contributed by atoms with van der Waals surface area (Å²) in [6.45, 7) is 13.3. The fourth-order valence-electron chi connectivity index (χ4n) is 3.63. The fourth-order valence-corrected chi connectivity index (χ4v) is 3.63. The number of nitrogens with one attached hydrogen (secondary N) is 1. The maximum Gasteiger partial charge on any atom is 0.0594 e. The molecule has 0 unspecified atom stereocenters. The van der Waals surface area contributed by atoms with Crippen LogP contribution >= 0.6 is 0 Å². The van der Waals surface area contributed by atoms with Gasteiger partial charge in [0.25, 0.3) is 0 Å². The quantitative estimate of drug-likeness (QED) is 0.867. The molecule has 134 valence electrons. The normalized spacial score (nSPS) is 21.3. The third-order valence-electron chi connectivity index (χ3n) is 5.35. The third-order valence-corrected chi connectivity index (χ3v) is 5.35. The average Bonchev–Trinajstić information content (AvgIpc) is 2.62. The highest BCUT2D eigenvalue weighted by atomic mass is 16.5. The van der Waals surface area contributed by atoms with Gasteiger partial charge in [0, 0.05) is 51.0 Å². The van der Waals surface area contributed by atoms with Crippen molar-refractivity contribution < 1.29 is 4.74 Å². The van der Waals surface area contributed by atoms with Crippen LogP contribution in [0, 0.1) is 0 Å². The Hall–Kier alpha value is -1.10. The van der Waals surface area contributed by atoms with Gasteiger partial charge in [-0.15, -0.1) is 0 Å². The number of hydrogen-bond donors (Lipinski definition) is 1. The number of rotatable bonds is 6. The van der Waals surface area contributed by atoms with Gasteiger partial charge in [-0.1, -0.05) is 26.0 Å². The maximum atomic E-state index is 5.42. The monoisotopic (exact) mass is 331 g/mol. The zero-order chi connectivity index (χ0) is 16.8. The van der Waals surface area contributed by atoms with Crippen molar-refractivity contribution in [2.45, 2.75) is 38.6 Å². The Labute approximate surface area is 147 Å². The molecule has 1 aromatic rings. The van der Waals surface area contributed by atoms with E-state index in [1.54, 1.807) is 0 Å². The second-order valence-corrected chi connectivity index (χ2v) is 7.49. The van der Waals surface area contributed by atoms with Crippen LogP contribution in [0.4, 0.5) is 5.69 Å². The molecule has 2 heterocycles. The van der Waals surface area contributed by atoms with Gasteiger partial charge in [-0.2, -0.15) is 0 Å². The SMILES string of the molecule is CC(C)c1cccc(NC2CCN(CCN3CCOCC3)CC2)c1. The summed E-state index contributed by atoms with van der Waals surface area (Å²) in [5.74, 6) is 0.591. The van der Waals surface area contributed by atoms with Crippen LogP contribution in [0.3, 0.4) is 0 Å². The first-order chi connectivity index (χ1) is 11.7. The van der Waals surface area contributed by atoms with Crippen LogP contribution in [0.25, 0.3) is 0 Å². The van der Waals surface area contributed by atoms with Crippen molar-refractivity contribution in [3.8, 4) is 0 Å². The molecule has 2 aliphatic heterocycles. The molecule has 24 heavy (non-hydrogen) atoms. The second kappa shape index (κ2) is 8.84. The van der Waals surface area contributed by atoms with Crippen molar-refractivity contribution in [2.75, 3.05) is 57.8 Å². The molecule has 0 spiro atoms. The van der Waals surface area contributed by atoms with Crippen molar-refractivity contribution in [1.82, 2.24) is 9.80 Å². The molecule has 0 bridgehead atoms. The van der Waals surface area contributed by atoms with Crippen molar-refractivity contribution in [3.05, 3.63) is 29.8 Å². The summed E-state index contributed by atoms with van der Waals surface area (Å²) in [7, 11) is 0. The fraction of sp³-hybridized carbons (Fsp3) is 0.700. The lowest BCUT2D eigenvalue weighted by Crippen LogP contribution is -2.45. The Kier molecular flexibility index (Phi) is 6.52. The van der Waals surface area contributed by atoms with E-state index < -0.39 is 0 Å². The lowest BCUT2D eigenvalue weighted by Gasteiger charge is -2.35. The van der Waals surface area contributed by atoms with E-state index in [4.69, 9.17) is 4.74 Å². The Balaban J connectivity index is 1.39. The van der Waals surface area contributed by atoms with Gasteiger partial charge in [-0.3, -0.25) is 4.90 Å². The average molecular weight is 332 g/mol. The molecule has 0 aliphatic carbocycles. The summed E-state index contributed by atoms with van der Waals surface area (Å²) < 4.78 is 5.42. The highest BCUT2D eigenvalue weighted by Crippen LogP contribution is 2.21. The Morgan fingerprint density at radius 1 is 1.04 bits per heavy atom. The van der Waals surface area contributed by atoms with Gasteiger partial charge < -0.3 is 15.0 Å². The van der Waals surface area contributed by atoms with Crippen LogP contribution in [0.15, 0.2) is 24.3 Å². The first-order valence-electron chi connectivity index (χ1n) is 9.59. The van der Waals surface area contributed by atoms with Gasteiger partial charge in [0.05, 0.1) is 13.2 Å². The molecule has 0 aromatic heterocycles. The molecule has 1 N–H and O–H groups in total. The summed E-state index contributed by atoms with van der Waals surface area (Å²) in [4.78, 5) is 5.16. The van der Waals surface area contributed by atoms with Crippen LogP contribution in [0.5, 0.6) is 0 Å². The lowest BCUT2D eigenvalue weighted by molar-refractivity contribution is 0.0322. The molecule has 1 aromatic carbocycles. The van der Waals surface area contributed by atoms with Crippen molar-refractivity contribution >= 4 is 5.69 Å². The van der Waals surface area contributed by atoms with Crippen LogP contribution in [-0.2, 0) is 4.74 Å². The Bertz CT molecular complexity index is 491. The molecule has 3 rings (SSSR count).